The van der Waals surface area contributed by atoms with Crippen molar-refractivity contribution < 1.29 is 32.6 Å². The van der Waals surface area contributed by atoms with Gasteiger partial charge in [-0.1, -0.05) is 18.2 Å². The summed E-state index contributed by atoms with van der Waals surface area (Å²) >= 11 is 0. The Morgan fingerprint density at radius 3 is 2.63 bits per heavy atom. The molecule has 0 saturated carbocycles. The van der Waals surface area contributed by atoms with Gasteiger partial charge in [0.2, 0.25) is 5.89 Å². The number of rotatable bonds is 4. The van der Waals surface area contributed by atoms with E-state index in [1.807, 2.05) is 6.07 Å². The molecular formula is C29H24F2N2O5. The molecule has 1 aliphatic carbocycles. The highest BCUT2D eigenvalue weighted by atomic mass is 19.1. The molecule has 7 rings (SSSR count). The van der Waals surface area contributed by atoms with Gasteiger partial charge in [0.05, 0.1) is 11.5 Å². The number of carboxylic acids is 1. The van der Waals surface area contributed by atoms with Crippen LogP contribution in [0.2, 0.25) is 0 Å². The maximum absolute atomic E-state index is 15.8. The van der Waals surface area contributed by atoms with E-state index in [1.54, 1.807) is 36.4 Å². The number of ether oxygens (including phenoxy) is 2. The third-order valence-corrected chi connectivity index (χ3v) is 7.88. The number of carbonyl (C=O) groups is 1. The molecule has 1 N–H and O–H groups in total. The second-order valence-electron chi connectivity index (χ2n) is 10.0. The van der Waals surface area contributed by atoms with E-state index >= 15 is 8.78 Å². The van der Waals surface area contributed by atoms with Crippen molar-refractivity contribution in [2.75, 3.05) is 26.3 Å². The van der Waals surface area contributed by atoms with Gasteiger partial charge >= 0.3 is 5.97 Å². The normalized spacial score (nSPS) is 20.7. The van der Waals surface area contributed by atoms with Gasteiger partial charge in [0.1, 0.15) is 24.5 Å². The van der Waals surface area contributed by atoms with Crippen molar-refractivity contribution in [3.63, 3.8) is 0 Å². The van der Waals surface area contributed by atoms with Crippen LogP contribution in [0.5, 0.6) is 11.5 Å². The number of halogens is 2. The molecule has 1 aromatic heterocycles. The van der Waals surface area contributed by atoms with Crippen LogP contribution in [0, 0.1) is 17.6 Å². The molecule has 2 aliphatic heterocycles. The van der Waals surface area contributed by atoms with E-state index in [1.165, 1.54) is 0 Å². The molecule has 3 aromatic carbocycles. The Hall–Kier alpha value is -3.98. The highest BCUT2D eigenvalue weighted by Crippen LogP contribution is 2.43. The molecule has 0 amide bonds. The summed E-state index contributed by atoms with van der Waals surface area (Å²) in [6.45, 7) is 2.00. The Bertz CT molecular complexity index is 1600. The second kappa shape index (κ2) is 8.80. The number of hydrogen-bond donors (Lipinski definition) is 1. The fraction of sp³-hybridized carbons (Fsp3) is 0.310. The lowest BCUT2D eigenvalue weighted by atomic mass is 10.0. The summed E-state index contributed by atoms with van der Waals surface area (Å²) in [6, 6.07) is 11.9. The zero-order valence-corrected chi connectivity index (χ0v) is 20.4. The number of oxazole rings is 1. The van der Waals surface area contributed by atoms with Gasteiger partial charge in [-0.2, -0.15) is 0 Å². The maximum Gasteiger partial charge on any atom is 0.307 e. The van der Waals surface area contributed by atoms with Crippen molar-refractivity contribution in [3.05, 3.63) is 65.2 Å². The van der Waals surface area contributed by atoms with Gasteiger partial charge in [0.15, 0.2) is 22.9 Å². The molecule has 2 atom stereocenters. The van der Waals surface area contributed by atoms with Crippen LogP contribution < -0.4 is 9.47 Å². The summed E-state index contributed by atoms with van der Waals surface area (Å²) in [5, 5.41) is 9.38. The molecule has 0 bridgehead atoms. The van der Waals surface area contributed by atoms with Crippen molar-refractivity contribution in [2.45, 2.75) is 25.3 Å². The lowest BCUT2D eigenvalue weighted by molar-refractivity contribution is -0.141. The van der Waals surface area contributed by atoms with Gasteiger partial charge in [-0.15, -0.1) is 0 Å². The zero-order chi connectivity index (χ0) is 26.0. The number of nitrogens with zero attached hydrogens (tertiary/aromatic N) is 2. The average molecular weight is 519 g/mol. The smallest absolute Gasteiger partial charge is 0.307 e. The van der Waals surface area contributed by atoms with E-state index in [2.05, 4.69) is 9.88 Å². The molecule has 4 aromatic rings. The molecule has 194 valence electrons. The minimum Gasteiger partial charge on any atom is -0.486 e. The van der Waals surface area contributed by atoms with Crippen LogP contribution in [-0.2, 0) is 11.2 Å². The summed E-state index contributed by atoms with van der Waals surface area (Å²) in [5.74, 6) is -1.04. The van der Waals surface area contributed by atoms with E-state index in [0.29, 0.717) is 79.3 Å². The van der Waals surface area contributed by atoms with Crippen LogP contribution in [0.1, 0.15) is 30.0 Å². The molecule has 38 heavy (non-hydrogen) atoms. The Labute approximate surface area is 216 Å². The maximum atomic E-state index is 15.8. The summed E-state index contributed by atoms with van der Waals surface area (Å²) in [4.78, 5) is 18.0. The number of aliphatic carboxylic acids is 1. The molecular weight excluding hydrogens is 494 g/mol. The molecule has 3 heterocycles. The highest BCUT2D eigenvalue weighted by Gasteiger charge is 2.37. The Kier molecular flexibility index (Phi) is 5.36. The first-order valence-corrected chi connectivity index (χ1v) is 12.8. The number of fused-ring (bicyclic) bond motifs is 3. The van der Waals surface area contributed by atoms with Crippen molar-refractivity contribution in [3.8, 4) is 34.1 Å². The number of hydrogen-bond acceptors (Lipinski definition) is 6. The summed E-state index contributed by atoms with van der Waals surface area (Å²) in [7, 11) is 0. The van der Waals surface area contributed by atoms with Crippen LogP contribution in [-0.4, -0.2) is 47.3 Å². The van der Waals surface area contributed by atoms with Crippen molar-refractivity contribution >= 4 is 17.1 Å². The van der Waals surface area contributed by atoms with E-state index in [9.17, 15) is 9.90 Å². The third-order valence-electron chi connectivity index (χ3n) is 7.88. The number of aromatic nitrogens is 1. The average Bonchev–Trinajstić information content (AvgIpc) is 3.67. The van der Waals surface area contributed by atoms with E-state index < -0.39 is 23.5 Å². The van der Waals surface area contributed by atoms with Gasteiger partial charge in [0.25, 0.3) is 0 Å². The Morgan fingerprint density at radius 1 is 1.00 bits per heavy atom. The van der Waals surface area contributed by atoms with Crippen LogP contribution in [0.4, 0.5) is 8.78 Å². The van der Waals surface area contributed by atoms with Gasteiger partial charge in [-0.25, -0.2) is 13.8 Å². The molecule has 0 radical (unpaired) electrons. The monoisotopic (exact) mass is 518 g/mol. The molecule has 7 nitrogen and oxygen atoms in total. The van der Waals surface area contributed by atoms with Gasteiger partial charge in [-0.3, -0.25) is 9.69 Å². The topological polar surface area (TPSA) is 85.0 Å². The predicted octanol–water partition coefficient (Wildman–Crippen LogP) is 5.61. The predicted molar refractivity (Wildman–Crippen MR) is 134 cm³/mol. The van der Waals surface area contributed by atoms with E-state index in [-0.39, 0.29) is 23.1 Å². The first kappa shape index (κ1) is 23.2. The highest BCUT2D eigenvalue weighted by molar-refractivity contribution is 5.81. The number of likely N-dealkylation sites (tertiary alicyclic amines) is 1. The summed E-state index contributed by atoms with van der Waals surface area (Å²) in [5.41, 5.74) is 2.79. The minimum atomic E-state index is -0.797. The SMILES string of the molecule is O=C(O)C1CCN(C2CCc3c2cc2nc(-c4cccc(-c5ccc6c(c5)OCCO6)c4F)oc2c3F)C1. The number of benzene rings is 3. The molecule has 9 heteroatoms. The molecule has 2 unspecified atom stereocenters. The van der Waals surface area contributed by atoms with Crippen LogP contribution in [0.3, 0.4) is 0 Å². The zero-order valence-electron chi connectivity index (χ0n) is 20.4. The first-order chi connectivity index (χ1) is 18.5. The fourth-order valence-corrected chi connectivity index (χ4v) is 5.97. The quantitative estimate of drug-likeness (QED) is 0.376. The molecule has 3 aliphatic rings. The molecule has 1 saturated heterocycles. The largest absolute Gasteiger partial charge is 0.486 e. The van der Waals surface area contributed by atoms with Gasteiger partial charge in [0, 0.05) is 18.2 Å². The lowest BCUT2D eigenvalue weighted by Gasteiger charge is -2.24. The summed E-state index contributed by atoms with van der Waals surface area (Å²) < 4.78 is 48.4. The van der Waals surface area contributed by atoms with Crippen LogP contribution in [0.15, 0.2) is 46.9 Å². The van der Waals surface area contributed by atoms with Crippen molar-refractivity contribution in [2.24, 2.45) is 5.92 Å². The van der Waals surface area contributed by atoms with Crippen LogP contribution in [0.25, 0.3) is 33.7 Å². The van der Waals surface area contributed by atoms with Gasteiger partial charge < -0.3 is 19.0 Å². The van der Waals surface area contributed by atoms with Crippen LogP contribution >= 0.6 is 0 Å². The van der Waals surface area contributed by atoms with Crippen molar-refractivity contribution in [1.29, 1.82) is 0 Å². The Morgan fingerprint density at radius 2 is 1.82 bits per heavy atom. The van der Waals surface area contributed by atoms with Gasteiger partial charge in [-0.05, 0) is 66.8 Å². The first-order valence-electron chi connectivity index (χ1n) is 12.8. The van der Waals surface area contributed by atoms with Crippen molar-refractivity contribution in [1.82, 2.24) is 9.88 Å². The summed E-state index contributed by atoms with van der Waals surface area (Å²) in [6.07, 6.45) is 1.82. The standard InChI is InChI=1S/C29H24F2N2O5/c30-25-17(15-4-7-23-24(12-15)37-11-10-36-23)2-1-3-19(25)28-32-21-13-20-18(26(31)27(21)38-28)5-6-22(20)33-9-8-16(14-33)29(34)35/h1-4,7,12-13,16,22H,5-6,8-11,14H2,(H,34,35). The molecule has 1 fully saturated rings. The minimum absolute atomic E-state index is 0.00290. The third kappa shape index (κ3) is 3.64. The van der Waals surface area contributed by atoms with E-state index in [0.717, 1.165) is 5.56 Å². The molecule has 0 spiro atoms. The Balaban J connectivity index is 1.25. The second-order valence-corrected chi connectivity index (χ2v) is 10.0. The lowest BCUT2D eigenvalue weighted by Crippen LogP contribution is -2.26. The number of carboxylic acid groups (broad SMARTS) is 1. The van der Waals surface area contributed by atoms with E-state index in [4.69, 9.17) is 13.9 Å². The fourth-order valence-electron chi connectivity index (χ4n) is 5.97.